The van der Waals surface area contributed by atoms with Gasteiger partial charge < -0.3 is 0 Å². The van der Waals surface area contributed by atoms with Gasteiger partial charge in [-0.2, -0.15) is 0 Å². The maximum atomic E-state index is 10.3. The van der Waals surface area contributed by atoms with Gasteiger partial charge in [-0.05, 0) is 5.56 Å². The van der Waals surface area contributed by atoms with E-state index in [-0.39, 0.29) is 5.69 Å². The summed E-state index contributed by atoms with van der Waals surface area (Å²) in [5.41, 5.74) is 3.31. The van der Waals surface area contributed by atoms with Crippen LogP contribution in [0.4, 0.5) is 5.69 Å². The Morgan fingerprint density at radius 3 is 2.92 bits per heavy atom. The van der Waals surface area contributed by atoms with Crippen molar-refractivity contribution < 1.29 is 4.92 Å². The zero-order valence-electron chi connectivity index (χ0n) is 6.36. The highest BCUT2D eigenvalue weighted by atomic mass is 16.6. The zero-order chi connectivity index (χ0) is 8.97. The average molecular weight is 167 g/mol. The summed E-state index contributed by atoms with van der Waals surface area (Å²) in [6.07, 6.45) is 0. The molecule has 0 unspecified atom stereocenters. The third kappa shape index (κ3) is 2.01. The Hall–Kier alpha value is -1.46. The molecule has 5 heteroatoms. The van der Waals surface area contributed by atoms with Gasteiger partial charge in [-0.1, -0.05) is 12.1 Å². The molecule has 3 N–H and O–H groups in total. The van der Waals surface area contributed by atoms with Gasteiger partial charge in [0.1, 0.15) is 0 Å². The van der Waals surface area contributed by atoms with E-state index in [1.807, 2.05) is 0 Å². The van der Waals surface area contributed by atoms with Gasteiger partial charge in [-0.25, -0.2) is 0 Å². The summed E-state index contributed by atoms with van der Waals surface area (Å²) < 4.78 is 0. The van der Waals surface area contributed by atoms with Crippen molar-refractivity contribution >= 4 is 5.69 Å². The molecule has 0 aliphatic heterocycles. The van der Waals surface area contributed by atoms with Crippen LogP contribution in [0.5, 0.6) is 0 Å². The monoisotopic (exact) mass is 167 g/mol. The quantitative estimate of drug-likeness (QED) is 0.391. The molecule has 0 atom stereocenters. The van der Waals surface area contributed by atoms with Crippen molar-refractivity contribution in [2.24, 2.45) is 5.84 Å². The van der Waals surface area contributed by atoms with Crippen molar-refractivity contribution in [3.63, 3.8) is 0 Å². The Morgan fingerprint density at radius 2 is 2.33 bits per heavy atom. The lowest BCUT2D eigenvalue weighted by Crippen LogP contribution is -2.20. The number of nitro groups is 1. The molecule has 0 fully saturated rings. The van der Waals surface area contributed by atoms with Gasteiger partial charge in [0.05, 0.1) is 4.92 Å². The minimum Gasteiger partial charge on any atom is -0.271 e. The van der Waals surface area contributed by atoms with Crippen LogP contribution in [-0.4, -0.2) is 4.92 Å². The van der Waals surface area contributed by atoms with Crippen molar-refractivity contribution in [2.75, 3.05) is 0 Å². The summed E-state index contributed by atoms with van der Waals surface area (Å²) in [4.78, 5) is 9.88. The van der Waals surface area contributed by atoms with Crippen molar-refractivity contribution in [3.8, 4) is 0 Å². The normalized spacial score (nSPS) is 9.75. The summed E-state index contributed by atoms with van der Waals surface area (Å²) >= 11 is 0. The molecular weight excluding hydrogens is 158 g/mol. The molecule has 0 aromatic heterocycles. The van der Waals surface area contributed by atoms with Gasteiger partial charge in [0.15, 0.2) is 0 Å². The summed E-state index contributed by atoms with van der Waals surface area (Å²) in [5.74, 6) is 5.07. The number of rotatable bonds is 3. The Balaban J connectivity index is 2.88. The topological polar surface area (TPSA) is 81.2 Å². The summed E-state index contributed by atoms with van der Waals surface area (Å²) in [5, 5.41) is 10.3. The molecule has 1 aromatic rings. The summed E-state index contributed by atoms with van der Waals surface area (Å²) in [7, 11) is 0. The third-order valence-electron chi connectivity index (χ3n) is 1.43. The number of nitrogens with zero attached hydrogens (tertiary/aromatic N) is 1. The first-order valence-corrected chi connectivity index (χ1v) is 3.41. The lowest BCUT2D eigenvalue weighted by Gasteiger charge is -1.98. The fourth-order valence-corrected chi connectivity index (χ4v) is 0.898. The molecule has 1 rings (SSSR count). The lowest BCUT2D eigenvalue weighted by atomic mass is 10.2. The minimum atomic E-state index is -0.431. The fraction of sp³-hybridized carbons (Fsp3) is 0.143. The van der Waals surface area contributed by atoms with Crippen LogP contribution in [-0.2, 0) is 6.54 Å². The summed E-state index contributed by atoms with van der Waals surface area (Å²) in [6, 6.07) is 6.33. The fourth-order valence-electron chi connectivity index (χ4n) is 0.898. The largest absolute Gasteiger partial charge is 0.271 e. The maximum Gasteiger partial charge on any atom is 0.269 e. The Bertz CT molecular complexity index is 288. The standard InChI is InChI=1S/C7H9N3O2/c8-9-5-6-2-1-3-7(4-6)10(11)12/h1-4,9H,5,8H2. The van der Waals surface area contributed by atoms with Crippen molar-refractivity contribution in [1.29, 1.82) is 0 Å². The first-order valence-electron chi connectivity index (χ1n) is 3.41. The van der Waals surface area contributed by atoms with E-state index in [1.165, 1.54) is 12.1 Å². The highest BCUT2D eigenvalue weighted by molar-refractivity contribution is 5.34. The molecule has 0 amide bonds. The van der Waals surface area contributed by atoms with Crippen LogP contribution >= 0.6 is 0 Å². The van der Waals surface area contributed by atoms with E-state index in [4.69, 9.17) is 5.84 Å². The third-order valence-corrected chi connectivity index (χ3v) is 1.43. The molecule has 0 saturated carbocycles. The van der Waals surface area contributed by atoms with Crippen LogP contribution in [0.3, 0.4) is 0 Å². The van der Waals surface area contributed by atoms with Gasteiger partial charge in [0.25, 0.3) is 5.69 Å². The minimum absolute atomic E-state index is 0.0859. The van der Waals surface area contributed by atoms with Crippen LogP contribution in [0, 0.1) is 10.1 Å². The van der Waals surface area contributed by atoms with Crippen LogP contribution in [0.15, 0.2) is 24.3 Å². The van der Waals surface area contributed by atoms with E-state index in [9.17, 15) is 10.1 Å². The predicted octanol–water partition coefficient (Wildman–Crippen LogP) is 0.558. The molecule has 0 saturated heterocycles. The zero-order valence-corrected chi connectivity index (χ0v) is 6.36. The Kier molecular flexibility index (Phi) is 2.73. The first kappa shape index (κ1) is 8.63. The second-order valence-electron chi connectivity index (χ2n) is 2.31. The second-order valence-corrected chi connectivity index (χ2v) is 2.31. The van der Waals surface area contributed by atoms with E-state index in [2.05, 4.69) is 5.43 Å². The molecule has 64 valence electrons. The SMILES string of the molecule is NNCc1cccc([N+](=O)[O-])c1. The predicted molar refractivity (Wildman–Crippen MR) is 44.1 cm³/mol. The number of hydrazine groups is 1. The number of nitro benzene ring substituents is 1. The Morgan fingerprint density at radius 1 is 1.58 bits per heavy atom. The average Bonchev–Trinajstić information content (AvgIpc) is 2.05. The number of nitrogens with one attached hydrogen (secondary N) is 1. The first-order chi connectivity index (χ1) is 5.74. The van der Waals surface area contributed by atoms with Crippen LogP contribution in [0.2, 0.25) is 0 Å². The van der Waals surface area contributed by atoms with Crippen molar-refractivity contribution in [2.45, 2.75) is 6.54 Å². The van der Waals surface area contributed by atoms with Gasteiger partial charge in [0, 0.05) is 18.7 Å². The van der Waals surface area contributed by atoms with E-state index in [0.29, 0.717) is 6.54 Å². The van der Waals surface area contributed by atoms with Crippen molar-refractivity contribution in [3.05, 3.63) is 39.9 Å². The molecule has 0 radical (unpaired) electrons. The smallest absolute Gasteiger partial charge is 0.269 e. The molecule has 0 aliphatic carbocycles. The maximum absolute atomic E-state index is 10.3. The molecular formula is C7H9N3O2. The highest BCUT2D eigenvalue weighted by Gasteiger charge is 2.03. The number of benzene rings is 1. The van der Waals surface area contributed by atoms with Gasteiger partial charge in [0.2, 0.25) is 0 Å². The Labute approximate surface area is 69.3 Å². The van der Waals surface area contributed by atoms with Crippen LogP contribution in [0.25, 0.3) is 0 Å². The van der Waals surface area contributed by atoms with E-state index in [1.54, 1.807) is 12.1 Å². The lowest BCUT2D eigenvalue weighted by molar-refractivity contribution is -0.384. The van der Waals surface area contributed by atoms with Crippen LogP contribution < -0.4 is 11.3 Å². The van der Waals surface area contributed by atoms with Crippen molar-refractivity contribution in [1.82, 2.24) is 5.43 Å². The van der Waals surface area contributed by atoms with E-state index < -0.39 is 4.92 Å². The number of nitrogens with two attached hydrogens (primary N) is 1. The molecule has 0 aliphatic rings. The number of hydrogen-bond donors (Lipinski definition) is 2. The summed E-state index contributed by atoms with van der Waals surface area (Å²) in [6.45, 7) is 0.432. The van der Waals surface area contributed by atoms with Gasteiger partial charge >= 0.3 is 0 Å². The molecule has 0 bridgehead atoms. The molecule has 1 aromatic carbocycles. The van der Waals surface area contributed by atoms with E-state index in [0.717, 1.165) is 5.56 Å². The number of hydrogen-bond acceptors (Lipinski definition) is 4. The number of non-ortho nitro benzene ring substituents is 1. The highest BCUT2D eigenvalue weighted by Crippen LogP contribution is 2.12. The molecule has 0 heterocycles. The van der Waals surface area contributed by atoms with E-state index >= 15 is 0 Å². The van der Waals surface area contributed by atoms with Gasteiger partial charge in [-0.3, -0.25) is 21.4 Å². The molecule has 12 heavy (non-hydrogen) atoms. The molecule has 0 spiro atoms. The van der Waals surface area contributed by atoms with Gasteiger partial charge in [-0.15, -0.1) is 0 Å². The second kappa shape index (κ2) is 3.80. The van der Waals surface area contributed by atoms with Crippen LogP contribution in [0.1, 0.15) is 5.56 Å². The molecule has 5 nitrogen and oxygen atoms in total.